The Hall–Kier alpha value is -1.14. The molecule has 24 heavy (non-hydrogen) atoms. The molecule has 1 atom stereocenters. The molecule has 0 fully saturated rings. The Morgan fingerprint density at radius 2 is 1.54 bits per heavy atom. The van der Waals surface area contributed by atoms with Crippen LogP contribution >= 0.6 is 7.26 Å². The molecule has 0 spiro atoms. The molecule has 0 heterocycles. The van der Waals surface area contributed by atoms with E-state index in [9.17, 15) is 9.90 Å². The Labute approximate surface area is 148 Å². The standard InChI is InChI=1S/C21H33O2P/c1-6-8-15-24(5,16-9-7-2)21(19-13-11-10-12-14-19)20(17(3)22)18(4)23/h10-14,21H,6-9,15-16H2,1-5H3. The van der Waals surface area contributed by atoms with Crippen LogP contribution in [0.2, 0.25) is 0 Å². The van der Waals surface area contributed by atoms with Crippen LogP contribution in [0.4, 0.5) is 0 Å². The first kappa shape index (κ1) is 20.9. The first-order valence-corrected chi connectivity index (χ1v) is 11.8. The molecule has 0 aliphatic heterocycles. The van der Waals surface area contributed by atoms with Crippen LogP contribution in [-0.2, 0) is 4.79 Å². The molecule has 134 valence electrons. The minimum absolute atomic E-state index is 0.00759. The largest absolute Gasteiger partial charge is 0.875 e. The van der Waals surface area contributed by atoms with Crippen molar-refractivity contribution in [2.45, 2.75) is 59.0 Å². The highest BCUT2D eigenvalue weighted by Crippen LogP contribution is 2.70. The van der Waals surface area contributed by atoms with Gasteiger partial charge in [-0.15, -0.1) is 5.76 Å². The van der Waals surface area contributed by atoms with Gasteiger partial charge in [0, 0.05) is 19.5 Å². The molecule has 0 amide bonds. The molecule has 1 aromatic carbocycles. The second-order valence-corrected chi connectivity index (χ2v) is 11.3. The second-order valence-electron chi connectivity index (χ2n) is 6.97. The lowest BCUT2D eigenvalue weighted by Gasteiger charge is -2.35. The van der Waals surface area contributed by atoms with Crippen molar-refractivity contribution in [3.05, 3.63) is 47.2 Å². The molecule has 0 aliphatic carbocycles. The van der Waals surface area contributed by atoms with Crippen LogP contribution in [-0.4, -0.2) is 24.8 Å². The molecule has 0 radical (unpaired) electrons. The van der Waals surface area contributed by atoms with Crippen molar-refractivity contribution in [2.24, 2.45) is 0 Å². The van der Waals surface area contributed by atoms with Gasteiger partial charge in [0.2, 0.25) is 0 Å². The van der Waals surface area contributed by atoms with E-state index in [0.717, 1.165) is 30.7 Å². The van der Waals surface area contributed by atoms with Gasteiger partial charge in [0.1, 0.15) is 5.66 Å². The van der Waals surface area contributed by atoms with E-state index in [1.165, 1.54) is 12.8 Å². The van der Waals surface area contributed by atoms with E-state index >= 15 is 0 Å². The van der Waals surface area contributed by atoms with Crippen LogP contribution in [0.25, 0.3) is 0 Å². The Morgan fingerprint density at radius 1 is 1.04 bits per heavy atom. The zero-order chi connectivity index (χ0) is 18.2. The summed E-state index contributed by atoms with van der Waals surface area (Å²) in [6, 6.07) is 10.2. The quantitative estimate of drug-likeness (QED) is 0.331. The van der Waals surface area contributed by atoms with Gasteiger partial charge in [-0.25, -0.2) is 0 Å². The first-order chi connectivity index (χ1) is 11.4. The lowest BCUT2D eigenvalue weighted by Crippen LogP contribution is -2.22. The maximum absolute atomic E-state index is 12.4. The lowest BCUT2D eigenvalue weighted by atomic mass is 10.0. The number of hydrogen-bond donors (Lipinski definition) is 0. The maximum Gasteiger partial charge on any atom is 0.159 e. The molecule has 0 bridgehead atoms. The number of ketones is 1. The smallest absolute Gasteiger partial charge is 0.159 e. The number of carbonyl (C=O) groups excluding carboxylic acids is 1. The van der Waals surface area contributed by atoms with E-state index in [0.29, 0.717) is 5.57 Å². The maximum atomic E-state index is 12.4. The van der Waals surface area contributed by atoms with Gasteiger partial charge in [0.25, 0.3) is 0 Å². The number of benzene rings is 1. The van der Waals surface area contributed by atoms with Gasteiger partial charge in [-0.05, 0) is 25.3 Å². The predicted molar refractivity (Wildman–Crippen MR) is 105 cm³/mol. The number of Topliss-reactive ketones (excluding diaryl/α,β-unsaturated/α-hetero) is 1. The van der Waals surface area contributed by atoms with Crippen LogP contribution in [0.3, 0.4) is 0 Å². The molecule has 3 heteroatoms. The minimum atomic E-state index is -1.48. The topological polar surface area (TPSA) is 40.1 Å². The number of rotatable bonds is 10. The lowest BCUT2D eigenvalue weighted by molar-refractivity contribution is -0.303. The molecule has 0 N–H and O–H groups in total. The van der Waals surface area contributed by atoms with Crippen molar-refractivity contribution in [1.82, 2.24) is 0 Å². The average molecular weight is 348 g/mol. The zero-order valence-electron chi connectivity index (χ0n) is 16.0. The summed E-state index contributed by atoms with van der Waals surface area (Å²) in [6.45, 7) is 9.90. The van der Waals surface area contributed by atoms with Crippen molar-refractivity contribution in [1.29, 1.82) is 0 Å². The first-order valence-electron chi connectivity index (χ1n) is 9.15. The number of unbranched alkanes of at least 4 members (excludes halogenated alkanes) is 2. The van der Waals surface area contributed by atoms with Gasteiger partial charge in [-0.1, -0.05) is 63.9 Å². The monoisotopic (exact) mass is 348 g/mol. The van der Waals surface area contributed by atoms with E-state index in [4.69, 9.17) is 0 Å². The van der Waals surface area contributed by atoms with Crippen molar-refractivity contribution < 1.29 is 9.90 Å². The Morgan fingerprint density at radius 3 is 1.92 bits per heavy atom. The number of carbonyl (C=O) groups is 1. The molecule has 1 unspecified atom stereocenters. The Kier molecular flexibility index (Phi) is 8.70. The fourth-order valence-corrected chi connectivity index (χ4v) is 8.21. The van der Waals surface area contributed by atoms with Crippen molar-refractivity contribution in [2.75, 3.05) is 19.0 Å². The highest BCUT2D eigenvalue weighted by atomic mass is 31.2. The third-order valence-electron chi connectivity index (χ3n) is 4.82. The van der Waals surface area contributed by atoms with Crippen molar-refractivity contribution >= 4 is 13.0 Å². The summed E-state index contributed by atoms with van der Waals surface area (Å²) in [4.78, 5) is 12.4. The van der Waals surface area contributed by atoms with Crippen molar-refractivity contribution in [3.63, 3.8) is 0 Å². The van der Waals surface area contributed by atoms with Gasteiger partial charge >= 0.3 is 0 Å². The number of allylic oxidation sites excluding steroid dienone is 2. The van der Waals surface area contributed by atoms with Crippen LogP contribution in [0.5, 0.6) is 0 Å². The summed E-state index contributed by atoms with van der Waals surface area (Å²) in [5.74, 6) is -0.119. The Balaban J connectivity index is 3.47. The summed E-state index contributed by atoms with van der Waals surface area (Å²) in [5.41, 5.74) is 1.65. The molecule has 2 nitrogen and oxygen atoms in total. The van der Waals surface area contributed by atoms with Crippen LogP contribution in [0, 0.1) is 0 Å². The Bertz CT molecular complexity index is 536. The van der Waals surface area contributed by atoms with E-state index in [1.807, 2.05) is 18.2 Å². The van der Waals surface area contributed by atoms with Gasteiger partial charge in [-0.2, -0.15) is 0 Å². The zero-order valence-corrected chi connectivity index (χ0v) is 16.9. The highest BCUT2D eigenvalue weighted by Gasteiger charge is 2.44. The van der Waals surface area contributed by atoms with Crippen molar-refractivity contribution in [3.8, 4) is 0 Å². The molecule has 0 saturated carbocycles. The van der Waals surface area contributed by atoms with Gasteiger partial charge in [0.05, 0.1) is 12.3 Å². The third kappa shape index (κ3) is 5.45. The summed E-state index contributed by atoms with van der Waals surface area (Å²) < 4.78 is 0. The van der Waals surface area contributed by atoms with E-state index in [2.05, 4.69) is 32.6 Å². The molecule has 0 aromatic heterocycles. The molecule has 0 saturated heterocycles. The van der Waals surface area contributed by atoms with E-state index in [-0.39, 0.29) is 17.2 Å². The molecule has 1 aromatic rings. The summed E-state index contributed by atoms with van der Waals surface area (Å²) in [5, 5.41) is 12.4. The third-order valence-corrected chi connectivity index (χ3v) is 9.29. The van der Waals surface area contributed by atoms with Crippen LogP contribution in [0.15, 0.2) is 41.7 Å². The van der Waals surface area contributed by atoms with Crippen LogP contribution < -0.4 is 5.11 Å². The molecular weight excluding hydrogens is 315 g/mol. The summed E-state index contributed by atoms with van der Waals surface area (Å²) in [7, 11) is -1.48. The molecule has 1 rings (SSSR count). The van der Waals surface area contributed by atoms with Gasteiger partial charge < -0.3 is 5.11 Å². The molecule has 0 aliphatic rings. The number of hydrogen-bond acceptors (Lipinski definition) is 2. The fourth-order valence-electron chi connectivity index (χ4n) is 3.52. The van der Waals surface area contributed by atoms with Gasteiger partial charge in [-0.3, -0.25) is 4.79 Å². The second kappa shape index (κ2) is 9.99. The average Bonchev–Trinajstić information content (AvgIpc) is 2.56. The van der Waals surface area contributed by atoms with Gasteiger partial charge in [0.15, 0.2) is 5.78 Å². The van der Waals surface area contributed by atoms with E-state index in [1.54, 1.807) is 13.8 Å². The molecular formula is C21H33O2P. The SMILES string of the molecule is CCCC[P+](C)(CCCC)C(/C(C(C)=O)=C(/C)[O-])c1ccccc1. The van der Waals surface area contributed by atoms with E-state index < -0.39 is 7.26 Å². The fraction of sp³-hybridized carbons (Fsp3) is 0.571. The van der Waals surface area contributed by atoms with Crippen LogP contribution in [0.1, 0.15) is 64.6 Å². The summed E-state index contributed by atoms with van der Waals surface area (Å²) in [6.07, 6.45) is 6.93. The minimum Gasteiger partial charge on any atom is -0.875 e. The summed E-state index contributed by atoms with van der Waals surface area (Å²) >= 11 is 0. The predicted octanol–water partition coefficient (Wildman–Crippen LogP) is 5.20. The highest BCUT2D eigenvalue weighted by molar-refractivity contribution is 7.75. The normalized spacial score (nSPS) is 14.2.